The van der Waals surface area contributed by atoms with Crippen LogP contribution in [-0.2, 0) is 6.42 Å². The molecule has 4 nitrogen and oxygen atoms in total. The Morgan fingerprint density at radius 1 is 1.86 bits per heavy atom. The summed E-state index contributed by atoms with van der Waals surface area (Å²) in [6.45, 7) is 1.96. The Morgan fingerprint density at radius 2 is 2.57 bits per heavy atom. The zero-order valence-corrected chi connectivity index (χ0v) is 8.47. The first-order valence-corrected chi connectivity index (χ1v) is 4.93. The number of carboxylic acid groups (broad SMARTS) is 1. The standard InChI is InChI=1S/C9H10N2O2S/c1-6-2-8(14-5-6)3-7(4-10)11-9(12)13/h2,5,7,11H,3H2,1H3,(H,12,13). The number of rotatable bonds is 3. The van der Waals surface area contributed by atoms with Gasteiger partial charge in [-0.05, 0) is 23.9 Å². The third kappa shape index (κ3) is 3.07. The molecular weight excluding hydrogens is 200 g/mol. The highest BCUT2D eigenvalue weighted by atomic mass is 32.1. The number of amides is 1. The molecule has 0 aliphatic rings. The molecule has 0 aromatic carbocycles. The van der Waals surface area contributed by atoms with Gasteiger partial charge in [-0.3, -0.25) is 0 Å². The van der Waals surface area contributed by atoms with E-state index < -0.39 is 12.1 Å². The van der Waals surface area contributed by atoms with Crippen molar-refractivity contribution in [1.29, 1.82) is 5.26 Å². The maximum atomic E-state index is 10.3. The van der Waals surface area contributed by atoms with Crippen molar-refractivity contribution >= 4 is 17.4 Å². The lowest BCUT2D eigenvalue weighted by molar-refractivity contribution is 0.192. The van der Waals surface area contributed by atoms with Crippen LogP contribution in [0.3, 0.4) is 0 Å². The summed E-state index contributed by atoms with van der Waals surface area (Å²) in [4.78, 5) is 11.3. The maximum absolute atomic E-state index is 10.3. The van der Waals surface area contributed by atoms with E-state index in [1.165, 1.54) is 11.3 Å². The van der Waals surface area contributed by atoms with E-state index in [1.54, 1.807) is 0 Å². The topological polar surface area (TPSA) is 73.1 Å². The number of hydrogen-bond acceptors (Lipinski definition) is 3. The van der Waals surface area contributed by atoms with Crippen LogP contribution in [0.15, 0.2) is 11.4 Å². The Labute approximate surface area is 85.8 Å². The van der Waals surface area contributed by atoms with E-state index in [4.69, 9.17) is 10.4 Å². The Bertz CT molecular complexity index is 367. The van der Waals surface area contributed by atoms with E-state index in [0.717, 1.165) is 10.4 Å². The smallest absolute Gasteiger partial charge is 0.405 e. The second-order valence-corrected chi connectivity index (χ2v) is 3.92. The minimum absolute atomic E-state index is 0.432. The first-order valence-electron chi connectivity index (χ1n) is 4.05. The van der Waals surface area contributed by atoms with E-state index in [-0.39, 0.29) is 0 Å². The lowest BCUT2D eigenvalue weighted by Crippen LogP contribution is -2.33. The minimum Gasteiger partial charge on any atom is -0.465 e. The van der Waals surface area contributed by atoms with Crippen molar-refractivity contribution < 1.29 is 9.90 Å². The number of carbonyl (C=O) groups is 1. The molecule has 0 bridgehead atoms. The molecule has 0 spiro atoms. The highest BCUT2D eigenvalue weighted by Crippen LogP contribution is 2.15. The fraction of sp³-hybridized carbons (Fsp3) is 0.333. The van der Waals surface area contributed by atoms with Gasteiger partial charge in [0.25, 0.3) is 0 Å². The van der Waals surface area contributed by atoms with Gasteiger partial charge >= 0.3 is 6.09 Å². The third-order valence-electron chi connectivity index (χ3n) is 1.64. The van der Waals surface area contributed by atoms with Crippen LogP contribution in [0.4, 0.5) is 4.79 Å². The molecule has 0 saturated heterocycles. The monoisotopic (exact) mass is 210 g/mol. The lowest BCUT2D eigenvalue weighted by Gasteiger charge is -2.06. The molecule has 1 rings (SSSR count). The molecule has 1 amide bonds. The summed E-state index contributed by atoms with van der Waals surface area (Å²) >= 11 is 1.54. The van der Waals surface area contributed by atoms with Gasteiger partial charge in [-0.2, -0.15) is 5.26 Å². The molecule has 0 aliphatic carbocycles. The molecule has 1 aromatic heterocycles. The van der Waals surface area contributed by atoms with Gasteiger partial charge in [0.1, 0.15) is 6.04 Å². The molecular formula is C9H10N2O2S. The number of nitrogens with one attached hydrogen (secondary N) is 1. The highest BCUT2D eigenvalue weighted by molar-refractivity contribution is 7.10. The zero-order valence-electron chi connectivity index (χ0n) is 7.65. The zero-order chi connectivity index (χ0) is 10.6. The number of hydrogen-bond donors (Lipinski definition) is 2. The van der Waals surface area contributed by atoms with Gasteiger partial charge in [0, 0.05) is 11.3 Å². The van der Waals surface area contributed by atoms with Crippen LogP contribution in [0.2, 0.25) is 0 Å². The third-order valence-corrected chi connectivity index (χ3v) is 2.72. The van der Waals surface area contributed by atoms with E-state index in [0.29, 0.717) is 6.42 Å². The van der Waals surface area contributed by atoms with Crippen molar-refractivity contribution in [3.05, 3.63) is 21.9 Å². The van der Waals surface area contributed by atoms with Crippen LogP contribution in [0.1, 0.15) is 10.4 Å². The van der Waals surface area contributed by atoms with E-state index in [9.17, 15) is 4.79 Å². The summed E-state index contributed by atoms with van der Waals surface area (Å²) in [5.41, 5.74) is 1.14. The number of nitrogens with zero attached hydrogens (tertiary/aromatic N) is 1. The van der Waals surface area contributed by atoms with Gasteiger partial charge in [-0.1, -0.05) is 0 Å². The van der Waals surface area contributed by atoms with Gasteiger partial charge in [-0.25, -0.2) is 4.79 Å². The summed E-state index contributed by atoms with van der Waals surface area (Å²) in [6.07, 6.45) is -0.730. The van der Waals surface area contributed by atoms with Crippen molar-refractivity contribution in [2.45, 2.75) is 19.4 Å². The average Bonchev–Trinajstić information content (AvgIpc) is 2.49. The predicted octanol–water partition coefficient (Wildman–Crippen LogP) is 1.76. The molecule has 1 unspecified atom stereocenters. The minimum atomic E-state index is -1.16. The summed E-state index contributed by atoms with van der Waals surface area (Å²) < 4.78 is 0. The van der Waals surface area contributed by atoms with E-state index in [1.807, 2.05) is 24.4 Å². The molecule has 1 heterocycles. The summed E-state index contributed by atoms with van der Waals surface area (Å²) in [5.74, 6) is 0. The number of thiophene rings is 1. The molecule has 0 fully saturated rings. The largest absolute Gasteiger partial charge is 0.465 e. The Kier molecular flexibility index (Phi) is 3.48. The Morgan fingerprint density at radius 3 is 3.00 bits per heavy atom. The molecule has 14 heavy (non-hydrogen) atoms. The molecule has 1 aromatic rings. The molecule has 5 heteroatoms. The molecule has 0 radical (unpaired) electrons. The van der Waals surface area contributed by atoms with Crippen molar-refractivity contribution in [3.63, 3.8) is 0 Å². The molecule has 0 aliphatic heterocycles. The molecule has 74 valence electrons. The molecule has 2 N–H and O–H groups in total. The van der Waals surface area contributed by atoms with Crippen LogP contribution in [0.5, 0.6) is 0 Å². The van der Waals surface area contributed by atoms with Crippen LogP contribution in [-0.4, -0.2) is 17.2 Å². The quantitative estimate of drug-likeness (QED) is 0.798. The first-order chi connectivity index (χ1) is 6.61. The Hall–Kier alpha value is -1.54. The second kappa shape index (κ2) is 4.63. The van der Waals surface area contributed by atoms with Crippen molar-refractivity contribution in [2.75, 3.05) is 0 Å². The SMILES string of the molecule is Cc1csc(CC(C#N)NC(=O)O)c1. The van der Waals surface area contributed by atoms with Crippen molar-refractivity contribution in [2.24, 2.45) is 0 Å². The van der Waals surface area contributed by atoms with Crippen LogP contribution in [0, 0.1) is 18.3 Å². The molecule has 0 saturated carbocycles. The number of aryl methyl sites for hydroxylation is 1. The van der Waals surface area contributed by atoms with Crippen molar-refractivity contribution in [1.82, 2.24) is 5.32 Å². The first kappa shape index (κ1) is 10.5. The van der Waals surface area contributed by atoms with Crippen LogP contribution in [0.25, 0.3) is 0 Å². The second-order valence-electron chi connectivity index (χ2n) is 2.93. The normalized spacial score (nSPS) is 11.7. The predicted molar refractivity (Wildman–Crippen MR) is 53.3 cm³/mol. The summed E-state index contributed by atoms with van der Waals surface area (Å²) in [5, 5.41) is 21.2. The van der Waals surface area contributed by atoms with Gasteiger partial charge in [0.05, 0.1) is 6.07 Å². The van der Waals surface area contributed by atoms with Crippen LogP contribution >= 0.6 is 11.3 Å². The summed E-state index contributed by atoms with van der Waals surface area (Å²) in [6, 6.07) is 3.20. The van der Waals surface area contributed by atoms with Gasteiger partial charge in [0.15, 0.2) is 0 Å². The van der Waals surface area contributed by atoms with E-state index >= 15 is 0 Å². The average molecular weight is 210 g/mol. The number of nitriles is 1. The van der Waals surface area contributed by atoms with Crippen LogP contribution < -0.4 is 5.32 Å². The molecule has 1 atom stereocenters. The van der Waals surface area contributed by atoms with Gasteiger partial charge < -0.3 is 10.4 Å². The van der Waals surface area contributed by atoms with Gasteiger partial charge in [-0.15, -0.1) is 11.3 Å². The lowest BCUT2D eigenvalue weighted by atomic mass is 10.2. The van der Waals surface area contributed by atoms with E-state index in [2.05, 4.69) is 5.32 Å². The van der Waals surface area contributed by atoms with Crippen molar-refractivity contribution in [3.8, 4) is 6.07 Å². The summed E-state index contributed by atoms with van der Waals surface area (Å²) in [7, 11) is 0. The fourth-order valence-electron chi connectivity index (χ4n) is 1.08. The Balaban J connectivity index is 2.58. The highest BCUT2D eigenvalue weighted by Gasteiger charge is 2.11. The van der Waals surface area contributed by atoms with Gasteiger partial charge in [0.2, 0.25) is 0 Å². The maximum Gasteiger partial charge on any atom is 0.405 e. The fourth-order valence-corrected chi connectivity index (χ4v) is 2.00.